The van der Waals surface area contributed by atoms with Crippen molar-refractivity contribution < 1.29 is 4.84 Å². The number of hydroxylamine groups is 1. The van der Waals surface area contributed by atoms with Crippen LogP contribution in [0.2, 0.25) is 0 Å². The van der Waals surface area contributed by atoms with E-state index in [1.807, 2.05) is 42.5 Å². The van der Waals surface area contributed by atoms with Crippen molar-refractivity contribution >= 4 is 0 Å². The third-order valence-corrected chi connectivity index (χ3v) is 3.45. The summed E-state index contributed by atoms with van der Waals surface area (Å²) in [5.41, 5.74) is 5.50. The Labute approximate surface area is 127 Å². The fourth-order valence-corrected chi connectivity index (χ4v) is 2.29. The minimum atomic E-state index is -0.00531. The number of nitrogens with one attached hydrogen (secondary N) is 1. The van der Waals surface area contributed by atoms with Crippen molar-refractivity contribution in [2.24, 2.45) is 0 Å². The smallest absolute Gasteiger partial charge is 0.104 e. The van der Waals surface area contributed by atoms with Crippen LogP contribution in [-0.4, -0.2) is 0 Å². The summed E-state index contributed by atoms with van der Waals surface area (Å²) in [6.45, 7) is 6.06. The molecule has 0 amide bonds. The van der Waals surface area contributed by atoms with Crippen LogP contribution in [0, 0.1) is 0 Å². The zero-order chi connectivity index (χ0) is 14.9. The average Bonchev–Trinajstić information content (AvgIpc) is 2.56. The summed E-state index contributed by atoms with van der Waals surface area (Å²) in [4.78, 5) is 5.95. The summed E-state index contributed by atoms with van der Waals surface area (Å²) in [7, 11) is 0. The van der Waals surface area contributed by atoms with Crippen LogP contribution < -0.4 is 5.48 Å². The number of hydrogen-bond donors (Lipinski definition) is 1. The highest BCUT2D eigenvalue weighted by atomic mass is 16.7. The predicted octanol–water partition coefficient (Wildman–Crippen LogP) is 4.98. The summed E-state index contributed by atoms with van der Waals surface area (Å²) in [6.07, 6.45) is 3.98. The first kappa shape index (κ1) is 15.5. The molecule has 0 radical (unpaired) electrons. The van der Waals surface area contributed by atoms with E-state index in [0.717, 1.165) is 18.4 Å². The van der Waals surface area contributed by atoms with Gasteiger partial charge in [-0.15, -0.1) is 6.58 Å². The Balaban J connectivity index is 2.02. The van der Waals surface area contributed by atoms with Gasteiger partial charge in [0.15, 0.2) is 0 Å². The predicted molar refractivity (Wildman–Crippen MR) is 87.7 cm³/mol. The van der Waals surface area contributed by atoms with Crippen molar-refractivity contribution in [1.82, 2.24) is 5.48 Å². The molecule has 0 aromatic heterocycles. The minimum Gasteiger partial charge on any atom is -0.293 e. The lowest BCUT2D eigenvalue weighted by Gasteiger charge is -2.22. The van der Waals surface area contributed by atoms with Gasteiger partial charge in [0.25, 0.3) is 0 Å². The van der Waals surface area contributed by atoms with Crippen LogP contribution in [0.3, 0.4) is 0 Å². The molecule has 0 heterocycles. The van der Waals surface area contributed by atoms with Crippen molar-refractivity contribution in [3.8, 4) is 0 Å². The Kier molecular flexibility index (Phi) is 6.20. The molecule has 0 fully saturated rings. The van der Waals surface area contributed by atoms with E-state index >= 15 is 0 Å². The Hall–Kier alpha value is -1.90. The van der Waals surface area contributed by atoms with Gasteiger partial charge in [0, 0.05) is 0 Å². The fraction of sp³-hybridized carbons (Fsp3) is 0.263. The third-order valence-electron chi connectivity index (χ3n) is 3.45. The lowest BCUT2D eigenvalue weighted by Crippen LogP contribution is -2.23. The second-order valence-electron chi connectivity index (χ2n) is 5.05. The second-order valence-corrected chi connectivity index (χ2v) is 5.05. The molecular weight excluding hydrogens is 258 g/mol. The van der Waals surface area contributed by atoms with Crippen LogP contribution in [0.25, 0.3) is 0 Å². The van der Waals surface area contributed by atoms with Gasteiger partial charge in [0.2, 0.25) is 0 Å². The van der Waals surface area contributed by atoms with Crippen molar-refractivity contribution in [3.05, 3.63) is 84.4 Å². The zero-order valence-electron chi connectivity index (χ0n) is 12.5. The van der Waals surface area contributed by atoms with Gasteiger partial charge in [-0.25, -0.2) is 0 Å². The summed E-state index contributed by atoms with van der Waals surface area (Å²) in [6, 6.07) is 20.5. The molecule has 2 heteroatoms. The maximum Gasteiger partial charge on any atom is 0.104 e. The zero-order valence-corrected chi connectivity index (χ0v) is 12.5. The highest BCUT2D eigenvalue weighted by molar-refractivity contribution is 5.22. The molecule has 0 aliphatic rings. The summed E-state index contributed by atoms with van der Waals surface area (Å²) < 4.78 is 0. The molecule has 2 rings (SSSR count). The van der Waals surface area contributed by atoms with Crippen LogP contribution in [0.5, 0.6) is 0 Å². The molecule has 0 saturated carbocycles. The Morgan fingerprint density at radius 2 is 1.57 bits per heavy atom. The van der Waals surface area contributed by atoms with Crippen molar-refractivity contribution in [1.29, 1.82) is 0 Å². The molecule has 0 aliphatic heterocycles. The van der Waals surface area contributed by atoms with E-state index in [9.17, 15) is 0 Å². The van der Waals surface area contributed by atoms with Gasteiger partial charge in [-0.2, -0.15) is 5.48 Å². The molecule has 0 spiro atoms. The molecular formula is C19H23NO. The van der Waals surface area contributed by atoms with Crippen LogP contribution >= 0.6 is 0 Å². The van der Waals surface area contributed by atoms with Crippen LogP contribution in [0.15, 0.2) is 73.3 Å². The minimum absolute atomic E-state index is 0.00531. The van der Waals surface area contributed by atoms with E-state index in [-0.39, 0.29) is 12.1 Å². The molecule has 0 aliphatic carbocycles. The van der Waals surface area contributed by atoms with Crippen LogP contribution in [-0.2, 0) is 4.84 Å². The van der Waals surface area contributed by atoms with Gasteiger partial charge in [-0.1, -0.05) is 80.1 Å². The molecule has 0 unspecified atom stereocenters. The highest BCUT2D eigenvalue weighted by Gasteiger charge is 2.14. The molecule has 1 N–H and O–H groups in total. The Bertz CT molecular complexity index is 524. The largest absolute Gasteiger partial charge is 0.293 e. The molecule has 2 atom stereocenters. The van der Waals surface area contributed by atoms with Gasteiger partial charge in [0.1, 0.15) is 6.10 Å². The van der Waals surface area contributed by atoms with Crippen molar-refractivity contribution in [2.45, 2.75) is 31.9 Å². The van der Waals surface area contributed by atoms with Gasteiger partial charge < -0.3 is 0 Å². The average molecular weight is 281 g/mol. The van der Waals surface area contributed by atoms with E-state index in [2.05, 4.69) is 43.2 Å². The van der Waals surface area contributed by atoms with E-state index in [4.69, 9.17) is 4.84 Å². The molecule has 2 nitrogen and oxygen atoms in total. The van der Waals surface area contributed by atoms with E-state index in [1.165, 1.54) is 5.56 Å². The fourth-order valence-electron chi connectivity index (χ4n) is 2.29. The Morgan fingerprint density at radius 1 is 1.00 bits per heavy atom. The molecule has 110 valence electrons. The summed E-state index contributed by atoms with van der Waals surface area (Å²) >= 11 is 0. The normalized spacial score (nSPS) is 13.6. The van der Waals surface area contributed by atoms with E-state index in [0.29, 0.717) is 0 Å². The monoisotopic (exact) mass is 281 g/mol. The standard InChI is InChI=1S/C19H23NO/c1-3-11-19(17-14-9-6-10-15-17)21-20-18(4-2)16-12-7-5-8-13-16/h4-10,12-15,18-20H,2-3,11H2,1H3/t18-,19-/m0/s1. The van der Waals surface area contributed by atoms with Gasteiger partial charge >= 0.3 is 0 Å². The van der Waals surface area contributed by atoms with Crippen LogP contribution in [0.4, 0.5) is 0 Å². The van der Waals surface area contributed by atoms with Gasteiger partial charge in [-0.05, 0) is 17.5 Å². The van der Waals surface area contributed by atoms with Crippen molar-refractivity contribution in [2.75, 3.05) is 0 Å². The maximum atomic E-state index is 5.95. The second kappa shape index (κ2) is 8.40. The number of hydrogen-bond acceptors (Lipinski definition) is 2. The van der Waals surface area contributed by atoms with Crippen LogP contribution in [0.1, 0.15) is 43.0 Å². The first-order valence-electron chi connectivity index (χ1n) is 7.48. The molecule has 2 aromatic carbocycles. The quantitative estimate of drug-likeness (QED) is 0.544. The Morgan fingerprint density at radius 3 is 2.10 bits per heavy atom. The molecule has 0 saturated heterocycles. The highest BCUT2D eigenvalue weighted by Crippen LogP contribution is 2.23. The van der Waals surface area contributed by atoms with Gasteiger partial charge in [-0.3, -0.25) is 4.84 Å². The lowest BCUT2D eigenvalue weighted by molar-refractivity contribution is -0.0430. The first-order chi connectivity index (χ1) is 10.3. The summed E-state index contributed by atoms with van der Waals surface area (Å²) in [5, 5.41) is 0. The molecule has 0 bridgehead atoms. The summed E-state index contributed by atoms with van der Waals surface area (Å²) in [5.74, 6) is 0. The lowest BCUT2D eigenvalue weighted by atomic mass is 10.1. The molecule has 21 heavy (non-hydrogen) atoms. The van der Waals surface area contributed by atoms with E-state index in [1.54, 1.807) is 0 Å². The number of benzene rings is 2. The molecule has 2 aromatic rings. The third kappa shape index (κ3) is 4.55. The maximum absolute atomic E-state index is 5.95. The van der Waals surface area contributed by atoms with Crippen molar-refractivity contribution in [3.63, 3.8) is 0 Å². The topological polar surface area (TPSA) is 21.3 Å². The number of rotatable bonds is 8. The SMILES string of the molecule is C=C[C@H](NO[C@@H](CCC)c1ccccc1)c1ccccc1. The van der Waals surface area contributed by atoms with Gasteiger partial charge in [0.05, 0.1) is 6.04 Å². The first-order valence-corrected chi connectivity index (χ1v) is 7.48. The van der Waals surface area contributed by atoms with E-state index < -0.39 is 0 Å².